The molecular weight excluding hydrogens is 254 g/mol. The van der Waals surface area contributed by atoms with Gasteiger partial charge in [-0.1, -0.05) is 11.8 Å². The number of aliphatic carboxylic acids is 1. The van der Waals surface area contributed by atoms with Crippen LogP contribution in [-0.2, 0) is 11.8 Å². The van der Waals surface area contributed by atoms with Crippen molar-refractivity contribution in [2.24, 2.45) is 7.05 Å². The molecule has 100 valence electrons. The van der Waals surface area contributed by atoms with Gasteiger partial charge in [0.2, 0.25) is 5.95 Å². The molecule has 1 aromatic heterocycles. The topological polar surface area (TPSA) is 74.5 Å². The predicted molar refractivity (Wildman–Crippen MR) is 69.1 cm³/mol. The second-order valence-corrected chi connectivity index (χ2v) is 5.26. The summed E-state index contributed by atoms with van der Waals surface area (Å²) >= 11 is 1.19. The Labute approximate surface area is 110 Å². The van der Waals surface area contributed by atoms with Gasteiger partial charge in [0.25, 0.3) is 0 Å². The lowest BCUT2D eigenvalue weighted by Crippen LogP contribution is -2.45. The Balaban J connectivity index is 2.03. The highest BCUT2D eigenvalue weighted by Gasteiger charge is 2.20. The summed E-state index contributed by atoms with van der Waals surface area (Å²) in [6.45, 7) is 3.85. The number of anilines is 1. The third-order valence-electron chi connectivity index (χ3n) is 2.92. The summed E-state index contributed by atoms with van der Waals surface area (Å²) in [4.78, 5) is 15.0. The Bertz CT molecular complexity index is 428. The van der Waals surface area contributed by atoms with E-state index in [4.69, 9.17) is 5.11 Å². The fraction of sp³-hybridized carbons (Fsp3) is 0.700. The van der Waals surface area contributed by atoms with Crippen molar-refractivity contribution in [2.75, 3.05) is 43.9 Å². The van der Waals surface area contributed by atoms with Crippen molar-refractivity contribution in [1.82, 2.24) is 19.7 Å². The summed E-state index contributed by atoms with van der Waals surface area (Å²) in [6.07, 6.45) is 0. The number of carbonyl (C=O) groups is 1. The standard InChI is InChI=1S/C10H17N5O2S/c1-13-3-5-15(6-4-13)9-11-12-10(14(9)2)18-7-8(16)17/h3-7H2,1-2H3,(H,16,17). The van der Waals surface area contributed by atoms with Crippen molar-refractivity contribution in [2.45, 2.75) is 5.16 Å². The number of carboxylic acid groups (broad SMARTS) is 1. The molecule has 8 heteroatoms. The Morgan fingerprint density at radius 2 is 1.94 bits per heavy atom. The summed E-state index contributed by atoms with van der Waals surface area (Å²) in [5.74, 6) is -0.0190. The molecule has 0 atom stereocenters. The minimum Gasteiger partial charge on any atom is -0.481 e. The van der Waals surface area contributed by atoms with Gasteiger partial charge in [-0.25, -0.2) is 0 Å². The minimum atomic E-state index is -0.843. The summed E-state index contributed by atoms with van der Waals surface area (Å²) in [7, 11) is 3.97. The van der Waals surface area contributed by atoms with Crippen molar-refractivity contribution in [3.8, 4) is 0 Å². The van der Waals surface area contributed by atoms with Crippen molar-refractivity contribution in [3.63, 3.8) is 0 Å². The van der Waals surface area contributed by atoms with Crippen LogP contribution in [0.2, 0.25) is 0 Å². The van der Waals surface area contributed by atoms with Crippen LogP contribution in [-0.4, -0.2) is 69.7 Å². The van der Waals surface area contributed by atoms with E-state index in [0.717, 1.165) is 32.1 Å². The first-order valence-electron chi connectivity index (χ1n) is 5.75. The maximum atomic E-state index is 10.5. The van der Waals surface area contributed by atoms with Crippen LogP contribution < -0.4 is 4.90 Å². The van der Waals surface area contributed by atoms with E-state index in [1.54, 1.807) is 0 Å². The molecule has 0 amide bonds. The van der Waals surface area contributed by atoms with Crippen molar-refractivity contribution < 1.29 is 9.90 Å². The molecule has 1 aromatic rings. The first-order chi connectivity index (χ1) is 8.58. The third-order valence-corrected chi connectivity index (χ3v) is 3.93. The second kappa shape index (κ2) is 5.57. The molecule has 0 aliphatic carbocycles. The summed E-state index contributed by atoms with van der Waals surface area (Å²) < 4.78 is 1.86. The van der Waals surface area contributed by atoms with E-state index in [2.05, 4.69) is 27.0 Å². The number of thioether (sulfide) groups is 1. The Kier molecular flexibility index (Phi) is 4.07. The normalized spacial score (nSPS) is 17.1. The lowest BCUT2D eigenvalue weighted by Gasteiger charge is -2.32. The molecule has 0 saturated carbocycles. The second-order valence-electron chi connectivity index (χ2n) is 4.31. The smallest absolute Gasteiger partial charge is 0.313 e. The molecule has 1 saturated heterocycles. The average Bonchev–Trinajstić information content (AvgIpc) is 2.69. The molecule has 7 nitrogen and oxygen atoms in total. The summed E-state index contributed by atoms with van der Waals surface area (Å²) in [5.41, 5.74) is 0. The van der Waals surface area contributed by atoms with Crippen LogP contribution >= 0.6 is 11.8 Å². The fourth-order valence-corrected chi connectivity index (χ4v) is 2.47. The zero-order chi connectivity index (χ0) is 13.1. The number of hydrogen-bond acceptors (Lipinski definition) is 6. The molecular formula is C10H17N5O2S. The van der Waals surface area contributed by atoms with Gasteiger partial charge >= 0.3 is 5.97 Å². The van der Waals surface area contributed by atoms with Crippen LogP contribution in [0, 0.1) is 0 Å². The maximum Gasteiger partial charge on any atom is 0.313 e. The molecule has 18 heavy (non-hydrogen) atoms. The van der Waals surface area contributed by atoms with E-state index in [1.165, 1.54) is 11.8 Å². The van der Waals surface area contributed by atoms with Crippen LogP contribution in [0.5, 0.6) is 0 Å². The van der Waals surface area contributed by atoms with Crippen LogP contribution in [0.3, 0.4) is 0 Å². The van der Waals surface area contributed by atoms with E-state index in [9.17, 15) is 4.79 Å². The van der Waals surface area contributed by atoms with Gasteiger partial charge in [-0.2, -0.15) is 0 Å². The van der Waals surface area contributed by atoms with Gasteiger partial charge in [0.05, 0.1) is 5.75 Å². The molecule has 1 aliphatic rings. The highest BCUT2D eigenvalue weighted by atomic mass is 32.2. The SMILES string of the molecule is CN1CCN(c2nnc(SCC(=O)O)n2C)CC1. The van der Waals surface area contributed by atoms with Gasteiger partial charge in [-0.05, 0) is 7.05 Å². The van der Waals surface area contributed by atoms with Crippen LogP contribution in [0.4, 0.5) is 5.95 Å². The maximum absolute atomic E-state index is 10.5. The lowest BCUT2D eigenvalue weighted by atomic mass is 10.3. The summed E-state index contributed by atoms with van der Waals surface area (Å²) in [6, 6.07) is 0. The fourth-order valence-electron chi connectivity index (χ4n) is 1.84. The average molecular weight is 271 g/mol. The largest absolute Gasteiger partial charge is 0.481 e. The molecule has 0 bridgehead atoms. The molecule has 0 aromatic carbocycles. The van der Waals surface area contributed by atoms with Gasteiger partial charge in [-0.3, -0.25) is 9.36 Å². The Morgan fingerprint density at radius 1 is 1.28 bits per heavy atom. The van der Waals surface area contributed by atoms with Crippen molar-refractivity contribution in [1.29, 1.82) is 0 Å². The molecule has 1 fully saturated rings. The molecule has 0 unspecified atom stereocenters. The number of hydrogen-bond donors (Lipinski definition) is 1. The van der Waals surface area contributed by atoms with Crippen LogP contribution in [0.25, 0.3) is 0 Å². The molecule has 1 N–H and O–H groups in total. The molecule has 0 radical (unpaired) electrons. The number of carboxylic acids is 1. The van der Waals surface area contributed by atoms with E-state index >= 15 is 0 Å². The predicted octanol–water partition coefficient (Wildman–Crippen LogP) is -0.256. The number of rotatable bonds is 4. The van der Waals surface area contributed by atoms with E-state index in [0.29, 0.717) is 5.16 Å². The van der Waals surface area contributed by atoms with Gasteiger partial charge < -0.3 is 14.9 Å². The molecule has 0 spiro atoms. The Morgan fingerprint density at radius 3 is 2.56 bits per heavy atom. The third kappa shape index (κ3) is 2.94. The number of piperazine rings is 1. The zero-order valence-electron chi connectivity index (χ0n) is 10.5. The first-order valence-corrected chi connectivity index (χ1v) is 6.74. The Hall–Kier alpha value is -1.28. The van der Waals surface area contributed by atoms with Crippen LogP contribution in [0.15, 0.2) is 5.16 Å². The highest BCUT2D eigenvalue weighted by molar-refractivity contribution is 7.99. The van der Waals surface area contributed by atoms with E-state index in [-0.39, 0.29) is 5.75 Å². The van der Waals surface area contributed by atoms with Gasteiger partial charge in [0.15, 0.2) is 5.16 Å². The quantitative estimate of drug-likeness (QED) is 0.756. The first kappa shape index (κ1) is 13.2. The molecule has 2 heterocycles. The van der Waals surface area contributed by atoms with E-state index < -0.39 is 5.97 Å². The summed E-state index contributed by atoms with van der Waals surface area (Å²) in [5, 5.41) is 17.5. The van der Waals surface area contributed by atoms with E-state index in [1.807, 2.05) is 11.6 Å². The van der Waals surface area contributed by atoms with Gasteiger partial charge in [0.1, 0.15) is 0 Å². The number of aromatic nitrogens is 3. The molecule has 1 aliphatic heterocycles. The number of nitrogens with zero attached hydrogens (tertiary/aromatic N) is 5. The van der Waals surface area contributed by atoms with Crippen molar-refractivity contribution in [3.05, 3.63) is 0 Å². The van der Waals surface area contributed by atoms with Crippen molar-refractivity contribution >= 4 is 23.7 Å². The monoisotopic (exact) mass is 271 g/mol. The number of likely N-dealkylation sites (N-methyl/N-ethyl adjacent to an activating group) is 1. The minimum absolute atomic E-state index is 0.00864. The zero-order valence-corrected chi connectivity index (χ0v) is 11.4. The lowest BCUT2D eigenvalue weighted by molar-refractivity contribution is -0.133. The molecule has 2 rings (SSSR count). The van der Waals surface area contributed by atoms with Crippen LogP contribution in [0.1, 0.15) is 0 Å². The van der Waals surface area contributed by atoms with Gasteiger partial charge in [-0.15, -0.1) is 10.2 Å². The highest BCUT2D eigenvalue weighted by Crippen LogP contribution is 2.20. The van der Waals surface area contributed by atoms with Gasteiger partial charge in [0, 0.05) is 33.2 Å².